The summed E-state index contributed by atoms with van der Waals surface area (Å²) in [5, 5.41) is 5.57. The van der Waals surface area contributed by atoms with E-state index >= 15 is 0 Å². The van der Waals surface area contributed by atoms with E-state index in [4.69, 9.17) is 11.6 Å². The van der Waals surface area contributed by atoms with Gasteiger partial charge in [0.25, 0.3) is 5.91 Å². The molecule has 0 bridgehead atoms. The van der Waals surface area contributed by atoms with Gasteiger partial charge in [-0.05, 0) is 53.6 Å². The van der Waals surface area contributed by atoms with E-state index in [0.717, 1.165) is 34.0 Å². The molecule has 1 atom stereocenters. The molecule has 0 saturated heterocycles. The smallest absolute Gasteiger partial charge is 0.258 e. The fraction of sp³-hybridized carbons (Fsp3) is 0.265. The first-order valence-electron chi connectivity index (χ1n) is 14.2. The lowest BCUT2D eigenvalue weighted by Gasteiger charge is -2.32. The number of anilines is 1. The quantitative estimate of drug-likeness (QED) is 0.215. The number of amides is 3. The Labute approximate surface area is 245 Å². The van der Waals surface area contributed by atoms with Gasteiger partial charge >= 0.3 is 0 Å². The molecule has 41 heavy (non-hydrogen) atoms. The maximum Gasteiger partial charge on any atom is 0.258 e. The van der Waals surface area contributed by atoms with Crippen molar-refractivity contribution in [2.75, 3.05) is 18.0 Å². The molecule has 6 nitrogen and oxygen atoms in total. The van der Waals surface area contributed by atoms with Gasteiger partial charge in [0.15, 0.2) is 0 Å². The van der Waals surface area contributed by atoms with E-state index < -0.39 is 6.04 Å². The number of carbonyl (C=O) groups is 3. The molecule has 4 aromatic carbocycles. The van der Waals surface area contributed by atoms with Crippen molar-refractivity contribution < 1.29 is 14.4 Å². The fourth-order valence-corrected chi connectivity index (χ4v) is 5.70. The summed E-state index contributed by atoms with van der Waals surface area (Å²) in [7, 11) is 0. The Kier molecular flexibility index (Phi) is 9.00. The maximum atomic E-state index is 13.9. The van der Waals surface area contributed by atoms with Gasteiger partial charge in [-0.3, -0.25) is 14.4 Å². The lowest BCUT2D eigenvalue weighted by atomic mass is 10.0. The van der Waals surface area contributed by atoms with Gasteiger partial charge in [-0.2, -0.15) is 0 Å². The molecule has 0 aromatic heterocycles. The van der Waals surface area contributed by atoms with Crippen molar-refractivity contribution in [3.63, 3.8) is 0 Å². The lowest BCUT2D eigenvalue weighted by molar-refractivity contribution is -0.141. The summed E-state index contributed by atoms with van der Waals surface area (Å²) < 4.78 is 0. The first-order chi connectivity index (χ1) is 20.0. The van der Waals surface area contributed by atoms with Crippen LogP contribution < -0.4 is 10.2 Å². The number of halogens is 1. The SMILES string of the molecule is CCCNC(=O)[C@H](Cc1ccccc1)N(Cc1cccc(Cl)c1)C(=O)CCCN1C(=O)c2cccc3cccc1c23. The highest BCUT2D eigenvalue weighted by atomic mass is 35.5. The molecule has 210 valence electrons. The summed E-state index contributed by atoms with van der Waals surface area (Å²) in [4.78, 5) is 44.1. The van der Waals surface area contributed by atoms with E-state index in [0.29, 0.717) is 36.5 Å². The van der Waals surface area contributed by atoms with Crippen LogP contribution in [0.1, 0.15) is 47.7 Å². The second kappa shape index (κ2) is 13.0. The zero-order chi connectivity index (χ0) is 28.8. The summed E-state index contributed by atoms with van der Waals surface area (Å²) in [5.41, 5.74) is 3.40. The third-order valence-corrected chi connectivity index (χ3v) is 7.72. The summed E-state index contributed by atoms with van der Waals surface area (Å²) in [6.07, 6.45) is 1.86. The van der Waals surface area contributed by atoms with Crippen LogP contribution in [0.3, 0.4) is 0 Å². The van der Waals surface area contributed by atoms with E-state index in [1.54, 1.807) is 15.9 Å². The molecule has 0 radical (unpaired) electrons. The molecule has 0 unspecified atom stereocenters. The Balaban J connectivity index is 1.37. The van der Waals surface area contributed by atoms with Crippen LogP contribution in [0, 0.1) is 0 Å². The molecule has 0 saturated carbocycles. The van der Waals surface area contributed by atoms with Gasteiger partial charge in [-0.25, -0.2) is 0 Å². The van der Waals surface area contributed by atoms with E-state index in [1.165, 1.54) is 0 Å². The van der Waals surface area contributed by atoms with Crippen LogP contribution in [0.2, 0.25) is 5.02 Å². The Morgan fingerprint density at radius 1 is 0.927 bits per heavy atom. The highest BCUT2D eigenvalue weighted by molar-refractivity contribution is 6.30. The number of benzene rings is 4. The standard InChI is InChI=1S/C34H34ClN3O3/c1-2-19-36-33(40)30(22-24-10-4-3-5-11-24)38(23-25-12-6-15-27(35)21-25)31(39)18-9-20-37-29-17-8-14-26-13-7-16-28(32(26)29)34(37)41/h3-8,10-17,21,30H,2,9,18-20,22-23H2,1H3,(H,36,40)/t30-/m0/s1. The lowest BCUT2D eigenvalue weighted by Crippen LogP contribution is -2.50. The van der Waals surface area contributed by atoms with Crippen LogP contribution in [0.5, 0.6) is 0 Å². The van der Waals surface area contributed by atoms with Crippen LogP contribution in [0.15, 0.2) is 91.0 Å². The molecule has 0 spiro atoms. The minimum Gasteiger partial charge on any atom is -0.354 e. The monoisotopic (exact) mass is 567 g/mol. The van der Waals surface area contributed by atoms with Crippen LogP contribution in [0.4, 0.5) is 5.69 Å². The highest BCUT2D eigenvalue weighted by Gasteiger charge is 2.32. The van der Waals surface area contributed by atoms with Crippen molar-refractivity contribution in [3.05, 3.63) is 113 Å². The van der Waals surface area contributed by atoms with Gasteiger partial charge in [0.2, 0.25) is 11.8 Å². The Bertz CT molecular complexity index is 1550. The predicted octanol–water partition coefficient (Wildman–Crippen LogP) is 6.40. The number of hydrogen-bond donors (Lipinski definition) is 1. The predicted molar refractivity (Wildman–Crippen MR) is 164 cm³/mol. The van der Waals surface area contributed by atoms with Crippen LogP contribution in [-0.4, -0.2) is 41.8 Å². The van der Waals surface area contributed by atoms with Gasteiger partial charge in [-0.15, -0.1) is 0 Å². The van der Waals surface area contributed by atoms with Gasteiger partial charge in [-0.1, -0.05) is 85.3 Å². The van der Waals surface area contributed by atoms with Gasteiger partial charge < -0.3 is 15.1 Å². The minimum atomic E-state index is -0.693. The third kappa shape index (κ3) is 6.44. The zero-order valence-corrected chi connectivity index (χ0v) is 23.9. The molecular weight excluding hydrogens is 534 g/mol. The van der Waals surface area contributed by atoms with Crippen molar-refractivity contribution in [1.82, 2.24) is 10.2 Å². The molecule has 5 rings (SSSR count). The van der Waals surface area contributed by atoms with E-state index in [-0.39, 0.29) is 30.7 Å². The van der Waals surface area contributed by atoms with Crippen molar-refractivity contribution in [1.29, 1.82) is 0 Å². The minimum absolute atomic E-state index is 0.0408. The second-order valence-electron chi connectivity index (χ2n) is 10.4. The van der Waals surface area contributed by atoms with Crippen molar-refractivity contribution in [3.8, 4) is 0 Å². The van der Waals surface area contributed by atoms with Gasteiger partial charge in [0.05, 0.1) is 5.69 Å². The third-order valence-electron chi connectivity index (χ3n) is 7.48. The zero-order valence-electron chi connectivity index (χ0n) is 23.2. The van der Waals surface area contributed by atoms with Crippen LogP contribution >= 0.6 is 11.6 Å². The topological polar surface area (TPSA) is 69.7 Å². The first-order valence-corrected chi connectivity index (χ1v) is 14.5. The largest absolute Gasteiger partial charge is 0.354 e. The number of nitrogens with one attached hydrogen (secondary N) is 1. The van der Waals surface area contributed by atoms with Gasteiger partial charge in [0, 0.05) is 48.4 Å². The highest BCUT2D eigenvalue weighted by Crippen LogP contribution is 2.37. The molecule has 1 aliphatic rings. The van der Waals surface area contributed by atoms with Crippen LogP contribution in [-0.2, 0) is 22.6 Å². The number of carbonyl (C=O) groups excluding carboxylic acids is 3. The van der Waals surface area contributed by atoms with Crippen LogP contribution in [0.25, 0.3) is 10.8 Å². The van der Waals surface area contributed by atoms with Crippen molar-refractivity contribution in [2.45, 2.75) is 45.2 Å². The molecule has 1 N–H and O–H groups in total. The molecule has 4 aromatic rings. The summed E-state index contributed by atoms with van der Waals surface area (Å²) in [6.45, 7) is 3.20. The summed E-state index contributed by atoms with van der Waals surface area (Å²) in [6, 6.07) is 28.1. The van der Waals surface area contributed by atoms with E-state index in [9.17, 15) is 14.4 Å². The molecular formula is C34H34ClN3O3. The first kappa shape index (κ1) is 28.4. The molecule has 1 aliphatic heterocycles. The van der Waals surface area contributed by atoms with Crippen molar-refractivity contribution in [2.24, 2.45) is 0 Å². The maximum absolute atomic E-state index is 13.9. The Morgan fingerprint density at radius 3 is 2.41 bits per heavy atom. The van der Waals surface area contributed by atoms with E-state index in [2.05, 4.69) is 5.32 Å². The molecule has 0 fully saturated rings. The molecule has 3 amide bonds. The summed E-state index contributed by atoms with van der Waals surface area (Å²) >= 11 is 6.27. The Hall–Kier alpha value is -4.16. The van der Waals surface area contributed by atoms with Crippen molar-refractivity contribution >= 4 is 45.8 Å². The molecule has 7 heteroatoms. The molecule has 1 heterocycles. The number of nitrogens with zero attached hydrogens (tertiary/aromatic N) is 2. The van der Waals surface area contributed by atoms with Gasteiger partial charge in [0.1, 0.15) is 6.04 Å². The average molecular weight is 568 g/mol. The van der Waals surface area contributed by atoms with E-state index in [1.807, 2.05) is 91.9 Å². The fourth-order valence-electron chi connectivity index (χ4n) is 5.49. The summed E-state index contributed by atoms with van der Waals surface area (Å²) in [5.74, 6) is -0.358. The number of hydrogen-bond acceptors (Lipinski definition) is 3. The average Bonchev–Trinajstić information content (AvgIpc) is 3.26. The number of rotatable bonds is 12. The normalized spacial score (nSPS) is 12.9. The Morgan fingerprint density at radius 2 is 1.66 bits per heavy atom. The molecule has 0 aliphatic carbocycles. The second-order valence-corrected chi connectivity index (χ2v) is 10.8.